The third kappa shape index (κ3) is 4.70. The lowest BCUT2D eigenvalue weighted by molar-refractivity contribution is 0.102. The highest BCUT2D eigenvalue weighted by molar-refractivity contribution is 7.17. The van der Waals surface area contributed by atoms with E-state index in [4.69, 9.17) is 27.9 Å². The second-order valence-corrected chi connectivity index (χ2v) is 8.00. The topological polar surface area (TPSA) is 68.3 Å². The Hall–Kier alpha value is -2.41. The standard InChI is InChI=1S/C20H16Cl2N2O3S/c1-11(2)27-17-6-4-13(8-15(17)22)18-9-23-20(28-18)19(26)24-16-5-3-12(10-25)7-14(16)21/h3-11H,1-2H3,(H,24,26). The fraction of sp³-hybridized carbons (Fsp3) is 0.150. The number of benzene rings is 2. The van der Waals surface area contributed by atoms with Crippen LogP contribution in [0.1, 0.15) is 34.0 Å². The molecule has 3 rings (SSSR count). The molecule has 0 bridgehead atoms. The molecule has 0 aliphatic rings. The van der Waals surface area contributed by atoms with Gasteiger partial charge in [0.1, 0.15) is 12.0 Å². The average Bonchev–Trinajstić information content (AvgIpc) is 3.15. The molecular weight excluding hydrogens is 419 g/mol. The summed E-state index contributed by atoms with van der Waals surface area (Å²) in [6.07, 6.45) is 2.33. The number of halogens is 2. The van der Waals surface area contributed by atoms with Crippen molar-refractivity contribution in [3.63, 3.8) is 0 Å². The predicted molar refractivity (Wildman–Crippen MR) is 113 cm³/mol. The van der Waals surface area contributed by atoms with Crippen LogP contribution < -0.4 is 10.1 Å². The first-order chi connectivity index (χ1) is 13.4. The minimum absolute atomic E-state index is 0.0227. The summed E-state index contributed by atoms with van der Waals surface area (Å²) in [4.78, 5) is 28.2. The Labute approximate surface area is 176 Å². The van der Waals surface area contributed by atoms with Crippen LogP contribution in [0.3, 0.4) is 0 Å². The molecule has 0 aliphatic heterocycles. The molecule has 2 aromatic carbocycles. The maximum atomic E-state index is 12.5. The molecule has 1 amide bonds. The predicted octanol–water partition coefficient (Wildman–Crippen LogP) is 5.97. The summed E-state index contributed by atoms with van der Waals surface area (Å²) in [5, 5.41) is 3.75. The van der Waals surface area contributed by atoms with Gasteiger partial charge in [0.15, 0.2) is 5.01 Å². The van der Waals surface area contributed by atoms with Crippen LogP contribution in [-0.2, 0) is 0 Å². The summed E-state index contributed by atoms with van der Waals surface area (Å²) in [5.74, 6) is 0.221. The lowest BCUT2D eigenvalue weighted by atomic mass is 10.2. The van der Waals surface area contributed by atoms with E-state index in [0.29, 0.717) is 28.3 Å². The number of hydrogen-bond donors (Lipinski definition) is 1. The Balaban J connectivity index is 1.77. The van der Waals surface area contributed by atoms with Gasteiger partial charge >= 0.3 is 0 Å². The van der Waals surface area contributed by atoms with Gasteiger partial charge in [0.25, 0.3) is 5.91 Å². The zero-order valence-corrected chi connectivity index (χ0v) is 17.4. The third-order valence-electron chi connectivity index (χ3n) is 3.66. The van der Waals surface area contributed by atoms with Gasteiger partial charge in [-0.05, 0) is 55.8 Å². The summed E-state index contributed by atoms with van der Waals surface area (Å²) in [7, 11) is 0. The molecule has 0 aliphatic carbocycles. The summed E-state index contributed by atoms with van der Waals surface area (Å²) < 4.78 is 5.63. The van der Waals surface area contributed by atoms with E-state index in [1.807, 2.05) is 19.9 Å². The Morgan fingerprint density at radius 3 is 2.61 bits per heavy atom. The molecule has 0 saturated heterocycles. The minimum atomic E-state index is -0.386. The highest BCUT2D eigenvalue weighted by Gasteiger charge is 2.15. The van der Waals surface area contributed by atoms with Gasteiger partial charge in [-0.3, -0.25) is 9.59 Å². The van der Waals surface area contributed by atoms with Gasteiger partial charge in [0, 0.05) is 11.8 Å². The second-order valence-electron chi connectivity index (χ2n) is 6.15. The smallest absolute Gasteiger partial charge is 0.284 e. The minimum Gasteiger partial charge on any atom is -0.489 e. The van der Waals surface area contributed by atoms with Crippen molar-refractivity contribution in [2.75, 3.05) is 5.32 Å². The first-order valence-corrected chi connectivity index (χ1v) is 9.93. The maximum Gasteiger partial charge on any atom is 0.284 e. The molecule has 3 aromatic rings. The first kappa shape index (κ1) is 20.3. The van der Waals surface area contributed by atoms with Crippen LogP contribution in [0.5, 0.6) is 5.75 Å². The van der Waals surface area contributed by atoms with Gasteiger partial charge in [-0.15, -0.1) is 11.3 Å². The Morgan fingerprint density at radius 2 is 1.96 bits per heavy atom. The van der Waals surface area contributed by atoms with Gasteiger partial charge in [-0.1, -0.05) is 23.2 Å². The average molecular weight is 435 g/mol. The number of carbonyl (C=O) groups excluding carboxylic acids is 2. The van der Waals surface area contributed by atoms with E-state index in [9.17, 15) is 9.59 Å². The second kappa shape index (κ2) is 8.73. The number of ether oxygens (including phenoxy) is 1. The van der Waals surface area contributed by atoms with E-state index in [2.05, 4.69) is 10.3 Å². The van der Waals surface area contributed by atoms with Crippen molar-refractivity contribution in [1.29, 1.82) is 0 Å². The quantitative estimate of drug-likeness (QED) is 0.485. The van der Waals surface area contributed by atoms with Gasteiger partial charge in [0.05, 0.1) is 26.7 Å². The van der Waals surface area contributed by atoms with Crippen LogP contribution in [0.15, 0.2) is 42.6 Å². The number of rotatable bonds is 6. The van der Waals surface area contributed by atoms with Crippen LogP contribution in [0.25, 0.3) is 10.4 Å². The molecule has 1 aromatic heterocycles. The molecular formula is C20H16Cl2N2O3S. The van der Waals surface area contributed by atoms with Crippen LogP contribution in [0, 0.1) is 0 Å². The summed E-state index contributed by atoms with van der Waals surface area (Å²) in [6.45, 7) is 3.86. The van der Waals surface area contributed by atoms with Crippen LogP contribution in [0.2, 0.25) is 10.0 Å². The molecule has 1 heterocycles. The van der Waals surface area contributed by atoms with Crippen LogP contribution in [-0.4, -0.2) is 23.3 Å². The molecule has 0 spiro atoms. The fourth-order valence-electron chi connectivity index (χ4n) is 2.40. The maximum absolute atomic E-state index is 12.5. The van der Waals surface area contributed by atoms with Crippen molar-refractivity contribution in [2.24, 2.45) is 0 Å². The largest absolute Gasteiger partial charge is 0.489 e. The van der Waals surface area contributed by atoms with Crippen LogP contribution in [0.4, 0.5) is 5.69 Å². The van der Waals surface area contributed by atoms with E-state index < -0.39 is 0 Å². The van der Waals surface area contributed by atoms with Gasteiger partial charge < -0.3 is 10.1 Å². The van der Waals surface area contributed by atoms with Crippen molar-refractivity contribution in [2.45, 2.75) is 20.0 Å². The van der Waals surface area contributed by atoms with Crippen molar-refractivity contribution in [1.82, 2.24) is 4.98 Å². The molecule has 1 N–H and O–H groups in total. The number of nitrogens with one attached hydrogen (secondary N) is 1. The molecule has 5 nitrogen and oxygen atoms in total. The number of thiazole rings is 1. The number of hydrogen-bond acceptors (Lipinski definition) is 5. The number of amides is 1. The number of aromatic nitrogens is 1. The molecule has 0 saturated carbocycles. The number of nitrogens with zero attached hydrogens (tertiary/aromatic N) is 1. The van der Waals surface area contributed by atoms with Gasteiger partial charge in [-0.2, -0.15) is 0 Å². The highest BCUT2D eigenvalue weighted by Crippen LogP contribution is 2.34. The van der Waals surface area contributed by atoms with E-state index in [0.717, 1.165) is 10.4 Å². The van der Waals surface area contributed by atoms with Crippen molar-refractivity contribution in [3.8, 4) is 16.2 Å². The van der Waals surface area contributed by atoms with Crippen LogP contribution >= 0.6 is 34.5 Å². The van der Waals surface area contributed by atoms with Gasteiger partial charge in [0.2, 0.25) is 0 Å². The van der Waals surface area contributed by atoms with Crippen molar-refractivity contribution < 1.29 is 14.3 Å². The monoisotopic (exact) mass is 434 g/mol. The zero-order valence-electron chi connectivity index (χ0n) is 15.0. The fourth-order valence-corrected chi connectivity index (χ4v) is 3.67. The van der Waals surface area contributed by atoms with Crippen molar-refractivity contribution >= 4 is 52.4 Å². The van der Waals surface area contributed by atoms with E-state index >= 15 is 0 Å². The number of carbonyl (C=O) groups is 2. The third-order valence-corrected chi connectivity index (χ3v) is 5.31. The molecule has 0 fully saturated rings. The summed E-state index contributed by atoms with van der Waals surface area (Å²) in [5.41, 5.74) is 1.68. The molecule has 0 atom stereocenters. The molecule has 0 radical (unpaired) electrons. The normalized spacial score (nSPS) is 10.8. The van der Waals surface area contributed by atoms with Gasteiger partial charge in [-0.25, -0.2) is 4.98 Å². The molecule has 28 heavy (non-hydrogen) atoms. The van der Waals surface area contributed by atoms with Crippen molar-refractivity contribution in [3.05, 3.63) is 63.2 Å². The Kier molecular flexibility index (Phi) is 6.34. The Bertz CT molecular complexity index is 1030. The lowest BCUT2D eigenvalue weighted by Crippen LogP contribution is -2.11. The SMILES string of the molecule is CC(C)Oc1ccc(-c2cnc(C(=O)Nc3ccc(C=O)cc3Cl)s2)cc1Cl. The number of anilines is 1. The van der Waals surface area contributed by atoms with E-state index in [-0.39, 0.29) is 22.0 Å². The summed E-state index contributed by atoms with van der Waals surface area (Å²) in [6, 6.07) is 10.1. The zero-order chi connectivity index (χ0) is 20.3. The molecule has 0 unspecified atom stereocenters. The molecule has 8 heteroatoms. The van der Waals surface area contributed by atoms with E-state index in [1.54, 1.807) is 30.5 Å². The summed E-state index contributed by atoms with van der Waals surface area (Å²) >= 11 is 13.6. The first-order valence-electron chi connectivity index (χ1n) is 8.36. The van der Waals surface area contributed by atoms with E-state index in [1.165, 1.54) is 17.4 Å². The highest BCUT2D eigenvalue weighted by atomic mass is 35.5. The number of aldehydes is 1. The lowest BCUT2D eigenvalue weighted by Gasteiger charge is -2.11. The Morgan fingerprint density at radius 1 is 1.18 bits per heavy atom. The molecule has 144 valence electrons.